The highest BCUT2D eigenvalue weighted by Crippen LogP contribution is 2.28. The van der Waals surface area contributed by atoms with Crippen LogP contribution >= 0.6 is 23.2 Å². The minimum absolute atomic E-state index is 0.0218. The van der Waals surface area contributed by atoms with Gasteiger partial charge >= 0.3 is 0 Å². The lowest BCUT2D eigenvalue weighted by atomic mass is 9.99. The lowest BCUT2D eigenvalue weighted by Gasteiger charge is -2.33. The molecule has 2 aromatic carbocycles. The van der Waals surface area contributed by atoms with E-state index in [2.05, 4.69) is 12.1 Å². The maximum atomic E-state index is 13.2. The first kappa shape index (κ1) is 18.3. The highest BCUT2D eigenvalue weighted by atomic mass is 35.5. The molecule has 0 N–H and O–H groups in total. The summed E-state index contributed by atoms with van der Waals surface area (Å²) < 4.78 is 0. The van der Waals surface area contributed by atoms with Gasteiger partial charge < -0.3 is 9.80 Å². The monoisotopic (exact) mass is 402 g/mol. The fraction of sp³-hybridized carbons (Fsp3) is 0.333. The summed E-state index contributed by atoms with van der Waals surface area (Å²) in [6.45, 7) is 1.85. The third-order valence-corrected chi connectivity index (χ3v) is 5.96. The van der Waals surface area contributed by atoms with Gasteiger partial charge in [0.2, 0.25) is 5.91 Å². The maximum absolute atomic E-state index is 13.2. The minimum atomic E-state index is -0.433. The Kier molecular flexibility index (Phi) is 5.11. The summed E-state index contributed by atoms with van der Waals surface area (Å²) in [5, 5.41) is 0.812. The quantitative estimate of drug-likeness (QED) is 0.755. The van der Waals surface area contributed by atoms with Gasteiger partial charge in [-0.2, -0.15) is 0 Å². The fourth-order valence-corrected chi connectivity index (χ4v) is 4.35. The lowest BCUT2D eigenvalue weighted by Crippen LogP contribution is -2.49. The summed E-state index contributed by atoms with van der Waals surface area (Å²) >= 11 is 12.2. The summed E-state index contributed by atoms with van der Waals surface area (Å²) in [6.07, 6.45) is 2.34. The molecular formula is C21H20Cl2N2O2. The second kappa shape index (κ2) is 7.53. The molecule has 1 atom stereocenters. The van der Waals surface area contributed by atoms with Crippen LogP contribution in [0.15, 0.2) is 42.5 Å². The van der Waals surface area contributed by atoms with E-state index in [1.165, 1.54) is 11.1 Å². The molecule has 1 fully saturated rings. The van der Waals surface area contributed by atoms with Crippen LogP contribution in [0.5, 0.6) is 0 Å². The van der Waals surface area contributed by atoms with E-state index in [-0.39, 0.29) is 11.8 Å². The summed E-state index contributed by atoms with van der Waals surface area (Å²) in [6, 6.07) is 12.6. The van der Waals surface area contributed by atoms with E-state index in [9.17, 15) is 9.59 Å². The van der Waals surface area contributed by atoms with Gasteiger partial charge in [-0.25, -0.2) is 0 Å². The number of hydrogen-bond acceptors (Lipinski definition) is 2. The fourth-order valence-electron chi connectivity index (χ4n) is 3.98. The molecule has 2 amide bonds. The van der Waals surface area contributed by atoms with Gasteiger partial charge in [-0.05, 0) is 48.6 Å². The lowest BCUT2D eigenvalue weighted by molar-refractivity contribution is -0.136. The van der Waals surface area contributed by atoms with E-state index in [4.69, 9.17) is 23.2 Å². The number of carbonyl (C=O) groups is 2. The molecule has 0 unspecified atom stereocenters. The Morgan fingerprint density at radius 2 is 1.78 bits per heavy atom. The van der Waals surface area contributed by atoms with E-state index in [0.29, 0.717) is 41.7 Å². The number of carbonyl (C=O) groups excluding carboxylic acids is 2. The Labute approximate surface area is 168 Å². The van der Waals surface area contributed by atoms with E-state index in [1.807, 2.05) is 17.0 Å². The maximum Gasteiger partial charge on any atom is 0.256 e. The van der Waals surface area contributed by atoms with E-state index in [0.717, 1.165) is 12.8 Å². The SMILES string of the molecule is O=C([C@@H]1CCCN1C(=O)c1cc(Cl)ccc1Cl)N1CCc2ccccc2C1. The molecule has 27 heavy (non-hydrogen) atoms. The first-order chi connectivity index (χ1) is 13.0. The smallest absolute Gasteiger partial charge is 0.256 e. The van der Waals surface area contributed by atoms with Crippen molar-refractivity contribution in [3.63, 3.8) is 0 Å². The molecule has 0 spiro atoms. The average molecular weight is 403 g/mol. The first-order valence-corrected chi connectivity index (χ1v) is 9.92. The second-order valence-corrected chi connectivity index (χ2v) is 7.90. The highest BCUT2D eigenvalue weighted by molar-refractivity contribution is 6.35. The van der Waals surface area contributed by atoms with Crippen molar-refractivity contribution in [1.29, 1.82) is 0 Å². The average Bonchev–Trinajstić information content (AvgIpc) is 3.18. The van der Waals surface area contributed by atoms with E-state index < -0.39 is 6.04 Å². The van der Waals surface area contributed by atoms with Crippen molar-refractivity contribution >= 4 is 35.0 Å². The van der Waals surface area contributed by atoms with E-state index in [1.54, 1.807) is 23.1 Å². The zero-order valence-electron chi connectivity index (χ0n) is 14.8. The molecular weight excluding hydrogens is 383 g/mol. The van der Waals surface area contributed by atoms with Crippen molar-refractivity contribution in [3.8, 4) is 0 Å². The number of halogens is 2. The third kappa shape index (κ3) is 3.56. The van der Waals surface area contributed by atoms with Gasteiger partial charge in [0.05, 0.1) is 10.6 Å². The zero-order chi connectivity index (χ0) is 19.0. The topological polar surface area (TPSA) is 40.6 Å². The number of benzene rings is 2. The van der Waals surface area contributed by atoms with Crippen LogP contribution in [0.25, 0.3) is 0 Å². The van der Waals surface area contributed by atoms with Gasteiger partial charge in [-0.1, -0.05) is 47.5 Å². The molecule has 2 aliphatic heterocycles. The number of hydrogen-bond donors (Lipinski definition) is 0. The molecule has 2 heterocycles. The van der Waals surface area contributed by atoms with Crippen LogP contribution in [-0.4, -0.2) is 40.7 Å². The Morgan fingerprint density at radius 1 is 1.00 bits per heavy atom. The van der Waals surface area contributed by atoms with Gasteiger partial charge in [0.1, 0.15) is 6.04 Å². The molecule has 6 heteroatoms. The molecule has 0 saturated carbocycles. The highest BCUT2D eigenvalue weighted by Gasteiger charge is 2.38. The number of rotatable bonds is 2. The van der Waals surface area contributed by atoms with Crippen molar-refractivity contribution in [2.45, 2.75) is 31.8 Å². The summed E-state index contributed by atoms with van der Waals surface area (Å²) in [7, 11) is 0. The van der Waals surface area contributed by atoms with Gasteiger partial charge in [0.15, 0.2) is 0 Å². The molecule has 4 rings (SSSR count). The Bertz CT molecular complexity index is 900. The van der Waals surface area contributed by atoms with E-state index >= 15 is 0 Å². The number of likely N-dealkylation sites (tertiary alicyclic amines) is 1. The predicted octanol–water partition coefficient (Wildman–Crippen LogP) is 4.18. The Balaban J connectivity index is 1.54. The molecule has 2 aromatic rings. The molecule has 4 nitrogen and oxygen atoms in total. The normalized spacial score (nSPS) is 19.1. The van der Waals surface area contributed by atoms with Crippen LogP contribution in [0.1, 0.15) is 34.3 Å². The number of amides is 2. The molecule has 1 saturated heterocycles. The molecule has 0 bridgehead atoms. The van der Waals surface area contributed by atoms with Crippen LogP contribution < -0.4 is 0 Å². The Morgan fingerprint density at radius 3 is 2.59 bits per heavy atom. The van der Waals surface area contributed by atoms with Crippen molar-refractivity contribution in [3.05, 3.63) is 69.2 Å². The molecule has 0 radical (unpaired) electrons. The second-order valence-electron chi connectivity index (χ2n) is 7.06. The van der Waals surface area contributed by atoms with Crippen LogP contribution in [0.2, 0.25) is 10.0 Å². The predicted molar refractivity (Wildman–Crippen MR) is 106 cm³/mol. The van der Waals surface area contributed by atoms with Gasteiger partial charge in [-0.15, -0.1) is 0 Å². The van der Waals surface area contributed by atoms with Crippen LogP contribution in [-0.2, 0) is 17.8 Å². The van der Waals surface area contributed by atoms with Gasteiger partial charge in [0.25, 0.3) is 5.91 Å². The van der Waals surface area contributed by atoms with Crippen molar-refractivity contribution in [2.75, 3.05) is 13.1 Å². The van der Waals surface area contributed by atoms with Crippen molar-refractivity contribution < 1.29 is 9.59 Å². The van der Waals surface area contributed by atoms with Crippen molar-refractivity contribution in [2.24, 2.45) is 0 Å². The van der Waals surface area contributed by atoms with Crippen molar-refractivity contribution in [1.82, 2.24) is 9.80 Å². The third-order valence-electron chi connectivity index (χ3n) is 5.40. The van der Waals surface area contributed by atoms with Gasteiger partial charge in [0, 0.05) is 24.7 Å². The van der Waals surface area contributed by atoms with Crippen LogP contribution in [0.4, 0.5) is 0 Å². The zero-order valence-corrected chi connectivity index (χ0v) is 16.3. The summed E-state index contributed by atoms with van der Waals surface area (Å²) in [5.74, 6) is -0.204. The molecule has 0 aromatic heterocycles. The molecule has 140 valence electrons. The largest absolute Gasteiger partial charge is 0.336 e. The Hall–Kier alpha value is -2.04. The minimum Gasteiger partial charge on any atom is -0.336 e. The molecule has 0 aliphatic carbocycles. The number of fused-ring (bicyclic) bond motifs is 1. The van der Waals surface area contributed by atoms with Crippen LogP contribution in [0.3, 0.4) is 0 Å². The first-order valence-electron chi connectivity index (χ1n) is 9.16. The summed E-state index contributed by atoms with van der Waals surface area (Å²) in [5.41, 5.74) is 2.84. The molecule has 2 aliphatic rings. The number of nitrogens with zero attached hydrogens (tertiary/aromatic N) is 2. The standard InChI is InChI=1S/C21H20Cl2N2O2/c22-16-7-8-18(23)17(12-16)20(26)25-10-3-6-19(25)21(27)24-11-9-14-4-1-2-5-15(14)13-24/h1-2,4-5,7-8,12,19H,3,6,9-11,13H2/t19-/m0/s1. The van der Waals surface area contributed by atoms with Gasteiger partial charge in [-0.3, -0.25) is 9.59 Å². The van der Waals surface area contributed by atoms with Crippen LogP contribution in [0, 0.1) is 0 Å². The summed E-state index contributed by atoms with van der Waals surface area (Å²) in [4.78, 5) is 29.7.